The van der Waals surface area contributed by atoms with Crippen molar-refractivity contribution in [2.75, 3.05) is 7.11 Å². The number of hydrogen-bond acceptors (Lipinski definition) is 6. The maximum absolute atomic E-state index is 10.2. The average Bonchev–Trinajstić information content (AvgIpc) is 3.23. The van der Waals surface area contributed by atoms with E-state index >= 15 is 0 Å². The highest BCUT2D eigenvalue weighted by molar-refractivity contribution is 5.98. The van der Waals surface area contributed by atoms with Crippen LogP contribution in [0.3, 0.4) is 0 Å². The molecule has 0 amide bonds. The number of pyridine rings is 1. The van der Waals surface area contributed by atoms with Crippen LogP contribution in [0, 0.1) is 6.92 Å². The van der Waals surface area contributed by atoms with E-state index in [-0.39, 0.29) is 0 Å². The zero-order valence-corrected chi connectivity index (χ0v) is 20.0. The number of fused-ring (bicyclic) bond motifs is 3. The van der Waals surface area contributed by atoms with Gasteiger partial charge in [0.15, 0.2) is 11.3 Å². The van der Waals surface area contributed by atoms with E-state index in [0.717, 1.165) is 44.7 Å². The molecule has 0 bridgehead atoms. The predicted octanol–water partition coefficient (Wildman–Crippen LogP) is 4.63. The van der Waals surface area contributed by atoms with Crippen molar-refractivity contribution >= 4 is 16.7 Å². The number of nitrogens with zero attached hydrogens (tertiary/aromatic N) is 4. The third-order valence-electron chi connectivity index (χ3n) is 6.90. The maximum Gasteiger partial charge on any atom is 0.169 e. The van der Waals surface area contributed by atoms with Gasteiger partial charge < -0.3 is 15.6 Å². The summed E-state index contributed by atoms with van der Waals surface area (Å²) in [6.07, 6.45) is 2.89. The first-order chi connectivity index (χ1) is 16.8. The van der Waals surface area contributed by atoms with Gasteiger partial charge in [0.2, 0.25) is 0 Å². The van der Waals surface area contributed by atoms with Crippen molar-refractivity contribution in [1.29, 1.82) is 0 Å². The van der Waals surface area contributed by atoms with E-state index in [1.54, 1.807) is 17.8 Å². The molecule has 7 heteroatoms. The third kappa shape index (κ3) is 3.47. The van der Waals surface area contributed by atoms with Gasteiger partial charge >= 0.3 is 0 Å². The van der Waals surface area contributed by atoms with E-state index in [9.17, 15) is 5.11 Å². The van der Waals surface area contributed by atoms with Gasteiger partial charge in [0, 0.05) is 23.4 Å². The van der Waals surface area contributed by atoms with Crippen molar-refractivity contribution in [3.63, 3.8) is 0 Å². The van der Waals surface area contributed by atoms with Gasteiger partial charge in [0.25, 0.3) is 0 Å². The number of ether oxygens (including phenoxy) is 1. The summed E-state index contributed by atoms with van der Waals surface area (Å²) in [6.45, 7) is 3.77. The van der Waals surface area contributed by atoms with Gasteiger partial charge in [-0.05, 0) is 37.8 Å². The van der Waals surface area contributed by atoms with Crippen LogP contribution in [-0.4, -0.2) is 37.4 Å². The van der Waals surface area contributed by atoms with Gasteiger partial charge in [-0.3, -0.25) is 0 Å². The van der Waals surface area contributed by atoms with Gasteiger partial charge in [-0.25, -0.2) is 9.97 Å². The molecule has 7 nitrogen and oxygen atoms in total. The zero-order chi connectivity index (χ0) is 24.4. The molecule has 176 valence electrons. The van der Waals surface area contributed by atoms with E-state index in [0.29, 0.717) is 24.2 Å². The molecule has 3 N–H and O–H groups in total. The monoisotopic (exact) mass is 465 g/mol. The van der Waals surface area contributed by atoms with Crippen LogP contribution in [0.4, 0.5) is 0 Å². The summed E-state index contributed by atoms with van der Waals surface area (Å²) in [5, 5.41) is 15.7. The Hall–Kier alpha value is -3.81. The van der Waals surface area contributed by atoms with Crippen molar-refractivity contribution < 1.29 is 9.84 Å². The molecule has 1 aliphatic rings. The molecule has 0 radical (unpaired) electrons. The zero-order valence-electron chi connectivity index (χ0n) is 20.0. The second kappa shape index (κ2) is 7.60. The first kappa shape index (κ1) is 21.7. The fourth-order valence-corrected chi connectivity index (χ4v) is 5.47. The second-order valence-corrected chi connectivity index (χ2v) is 9.87. The number of aromatic nitrogens is 4. The largest absolute Gasteiger partial charge is 0.495 e. The lowest BCUT2D eigenvalue weighted by atomic mass is 9.63. The SMILES string of the molecule is COc1c(-c2ccccc2)c(-c2ccc([C@]3(N)C[C@@](C)(O)C3)cc2)nc2c1cnc1cc(C)nn12. The number of nitrogens with two attached hydrogens (primary N) is 1. The van der Waals surface area contributed by atoms with Crippen molar-refractivity contribution in [3.05, 3.63) is 78.1 Å². The Morgan fingerprint density at radius 3 is 2.40 bits per heavy atom. The fraction of sp³-hybridized carbons (Fsp3) is 0.250. The smallest absolute Gasteiger partial charge is 0.169 e. The number of hydrogen-bond donors (Lipinski definition) is 2. The van der Waals surface area contributed by atoms with Crippen molar-refractivity contribution in [2.45, 2.75) is 37.8 Å². The highest BCUT2D eigenvalue weighted by Crippen LogP contribution is 2.47. The van der Waals surface area contributed by atoms with Gasteiger partial charge in [0.05, 0.1) is 35.0 Å². The van der Waals surface area contributed by atoms with E-state index in [4.69, 9.17) is 15.5 Å². The molecule has 0 aliphatic heterocycles. The molecule has 0 spiro atoms. The average molecular weight is 466 g/mol. The molecule has 5 aromatic rings. The van der Waals surface area contributed by atoms with Gasteiger partial charge in [-0.2, -0.15) is 9.61 Å². The lowest BCUT2D eigenvalue weighted by Gasteiger charge is -2.49. The highest BCUT2D eigenvalue weighted by Gasteiger charge is 2.49. The van der Waals surface area contributed by atoms with E-state index in [1.165, 1.54) is 0 Å². The molecule has 1 fully saturated rings. The maximum atomic E-state index is 10.2. The Balaban J connectivity index is 1.60. The molecule has 3 aromatic heterocycles. The molecule has 0 atom stereocenters. The summed E-state index contributed by atoms with van der Waals surface area (Å²) in [5.74, 6) is 0.702. The predicted molar refractivity (Wildman–Crippen MR) is 136 cm³/mol. The summed E-state index contributed by atoms with van der Waals surface area (Å²) in [5.41, 5.74) is 12.3. The molecular weight excluding hydrogens is 438 g/mol. The standard InChI is InChI=1S/C28H27N5O2/c1-17-13-22-30-14-21-25(35-3)23(18-7-5-4-6-8-18)24(31-26(21)33(22)32-17)19-9-11-20(12-10-19)28(29)15-27(2,34)16-28/h4-14,34H,15-16,29H2,1-3H3/t27-,28+. The number of aliphatic hydroxyl groups is 1. The van der Waals surface area contributed by atoms with E-state index in [2.05, 4.69) is 22.2 Å². The fourth-order valence-electron chi connectivity index (χ4n) is 5.47. The minimum absolute atomic E-state index is 0.511. The van der Waals surface area contributed by atoms with E-state index in [1.807, 2.05) is 62.4 Å². The van der Waals surface area contributed by atoms with Crippen molar-refractivity contribution in [1.82, 2.24) is 19.6 Å². The molecule has 3 heterocycles. The molecule has 1 saturated carbocycles. The van der Waals surface area contributed by atoms with E-state index < -0.39 is 11.1 Å². The number of aryl methyl sites for hydroxylation is 1. The minimum atomic E-state index is -0.706. The Bertz CT molecular complexity index is 1560. The summed E-state index contributed by atoms with van der Waals surface area (Å²) in [7, 11) is 1.67. The molecular formula is C28H27N5O2. The Kier molecular flexibility index (Phi) is 4.71. The van der Waals surface area contributed by atoms with Crippen LogP contribution >= 0.6 is 0 Å². The summed E-state index contributed by atoms with van der Waals surface area (Å²) < 4.78 is 7.76. The Labute approximate surface area is 203 Å². The topological polar surface area (TPSA) is 98.6 Å². The number of rotatable bonds is 4. The van der Waals surface area contributed by atoms with Crippen LogP contribution in [0.5, 0.6) is 5.75 Å². The van der Waals surface area contributed by atoms with Crippen LogP contribution in [0.2, 0.25) is 0 Å². The van der Waals surface area contributed by atoms with Crippen LogP contribution in [-0.2, 0) is 5.54 Å². The Morgan fingerprint density at radius 1 is 1.03 bits per heavy atom. The first-order valence-electron chi connectivity index (χ1n) is 11.7. The highest BCUT2D eigenvalue weighted by atomic mass is 16.5. The lowest BCUT2D eigenvalue weighted by molar-refractivity contribution is -0.0738. The lowest BCUT2D eigenvalue weighted by Crippen LogP contribution is -2.58. The van der Waals surface area contributed by atoms with Gasteiger partial charge in [0.1, 0.15) is 5.75 Å². The van der Waals surface area contributed by atoms with Crippen molar-refractivity contribution in [2.24, 2.45) is 5.73 Å². The number of methoxy groups -OCH3 is 1. The quantitative estimate of drug-likeness (QED) is 0.402. The van der Waals surface area contributed by atoms with Crippen molar-refractivity contribution in [3.8, 4) is 28.1 Å². The molecule has 0 unspecified atom stereocenters. The van der Waals surface area contributed by atoms with Crippen LogP contribution < -0.4 is 10.5 Å². The summed E-state index contributed by atoms with van der Waals surface area (Å²) in [6, 6.07) is 20.2. The number of benzene rings is 2. The molecule has 0 saturated heterocycles. The molecule has 6 rings (SSSR count). The molecule has 1 aliphatic carbocycles. The normalized spacial score (nSPS) is 21.9. The first-order valence-corrected chi connectivity index (χ1v) is 11.7. The summed E-state index contributed by atoms with van der Waals surface area (Å²) >= 11 is 0. The third-order valence-corrected chi connectivity index (χ3v) is 6.90. The second-order valence-electron chi connectivity index (χ2n) is 9.87. The molecule has 35 heavy (non-hydrogen) atoms. The van der Waals surface area contributed by atoms with Crippen LogP contribution in [0.1, 0.15) is 31.0 Å². The van der Waals surface area contributed by atoms with Crippen LogP contribution in [0.15, 0.2) is 66.9 Å². The Morgan fingerprint density at radius 2 is 1.74 bits per heavy atom. The van der Waals surface area contributed by atoms with Gasteiger partial charge in [-0.15, -0.1) is 0 Å². The summed E-state index contributed by atoms with van der Waals surface area (Å²) in [4.78, 5) is 9.72. The molecule has 2 aromatic carbocycles. The van der Waals surface area contributed by atoms with Crippen LogP contribution in [0.25, 0.3) is 39.1 Å². The minimum Gasteiger partial charge on any atom is -0.495 e. The van der Waals surface area contributed by atoms with Gasteiger partial charge in [-0.1, -0.05) is 54.6 Å².